The van der Waals surface area contributed by atoms with Crippen LogP contribution in [0, 0.1) is 0 Å². The molecule has 0 unspecified atom stereocenters. The fraction of sp³-hybridized carbons (Fsp3) is 0.714. The Morgan fingerprint density at radius 2 is 2.21 bits per heavy atom. The number of H-pyrrole nitrogens is 1. The molecule has 0 aliphatic heterocycles. The van der Waals surface area contributed by atoms with E-state index < -0.39 is 12.6 Å². The summed E-state index contributed by atoms with van der Waals surface area (Å²) >= 11 is 0. The van der Waals surface area contributed by atoms with Crippen LogP contribution in [-0.4, -0.2) is 28.1 Å². The number of alkyl halides is 3. The quantitative estimate of drug-likeness (QED) is 0.716. The van der Waals surface area contributed by atoms with E-state index in [4.69, 9.17) is 0 Å². The Kier molecular flexibility index (Phi) is 3.87. The molecule has 1 aromatic heterocycles. The highest BCUT2D eigenvalue weighted by molar-refractivity contribution is 4.88. The maximum Gasteiger partial charge on any atom is 0.389 e. The highest BCUT2D eigenvalue weighted by atomic mass is 19.4. The van der Waals surface area contributed by atoms with Crippen molar-refractivity contribution in [2.24, 2.45) is 0 Å². The van der Waals surface area contributed by atoms with Crippen molar-refractivity contribution in [2.75, 3.05) is 6.54 Å². The third-order valence-corrected chi connectivity index (χ3v) is 1.58. The molecule has 0 saturated heterocycles. The summed E-state index contributed by atoms with van der Waals surface area (Å²) in [6, 6.07) is 0. The van der Waals surface area contributed by atoms with Crippen molar-refractivity contribution >= 4 is 0 Å². The lowest BCUT2D eigenvalue weighted by Crippen LogP contribution is -2.17. The number of rotatable bonds is 5. The summed E-state index contributed by atoms with van der Waals surface area (Å²) in [5.41, 5.74) is 0.692. The van der Waals surface area contributed by atoms with Gasteiger partial charge in [0.1, 0.15) is 0 Å². The van der Waals surface area contributed by atoms with Gasteiger partial charge in [0.25, 0.3) is 0 Å². The summed E-state index contributed by atoms with van der Waals surface area (Å²) in [7, 11) is 0. The molecule has 2 N–H and O–H groups in total. The summed E-state index contributed by atoms with van der Waals surface area (Å²) in [5.74, 6) is 0. The third kappa shape index (κ3) is 4.80. The zero-order valence-corrected chi connectivity index (χ0v) is 7.43. The van der Waals surface area contributed by atoms with E-state index in [1.165, 1.54) is 6.20 Å². The van der Waals surface area contributed by atoms with Gasteiger partial charge in [0.2, 0.25) is 0 Å². The molecular formula is C7H11F3N4. The predicted molar refractivity (Wildman–Crippen MR) is 43.4 cm³/mol. The van der Waals surface area contributed by atoms with Crippen molar-refractivity contribution in [3.05, 3.63) is 11.9 Å². The number of aromatic amines is 1. The Morgan fingerprint density at radius 3 is 2.79 bits per heavy atom. The molecular weight excluding hydrogens is 197 g/mol. The summed E-state index contributed by atoms with van der Waals surface area (Å²) in [6.45, 7) is 0.765. The molecule has 0 spiro atoms. The number of aromatic nitrogens is 3. The zero-order chi connectivity index (χ0) is 10.4. The van der Waals surface area contributed by atoms with Crippen LogP contribution >= 0.6 is 0 Å². The fourth-order valence-electron chi connectivity index (χ4n) is 0.941. The van der Waals surface area contributed by atoms with Crippen LogP contribution in [0.1, 0.15) is 18.5 Å². The molecule has 0 atom stereocenters. The highest BCUT2D eigenvalue weighted by Gasteiger charge is 2.25. The van der Waals surface area contributed by atoms with Crippen molar-refractivity contribution in [3.63, 3.8) is 0 Å². The van der Waals surface area contributed by atoms with Gasteiger partial charge in [-0.3, -0.25) is 0 Å². The molecule has 14 heavy (non-hydrogen) atoms. The molecule has 0 fully saturated rings. The smallest absolute Gasteiger partial charge is 0.311 e. The Morgan fingerprint density at radius 1 is 1.43 bits per heavy atom. The molecule has 1 heterocycles. The normalized spacial score (nSPS) is 11.9. The summed E-state index contributed by atoms with van der Waals surface area (Å²) in [6.07, 6.45) is -3.20. The lowest BCUT2D eigenvalue weighted by molar-refractivity contribution is -0.135. The van der Waals surface area contributed by atoms with Gasteiger partial charge in [0.05, 0.1) is 11.9 Å². The molecule has 0 aliphatic carbocycles. The average Bonchev–Trinajstić information content (AvgIpc) is 2.54. The van der Waals surface area contributed by atoms with Crippen molar-refractivity contribution in [2.45, 2.75) is 25.6 Å². The van der Waals surface area contributed by atoms with Gasteiger partial charge in [-0.25, -0.2) is 0 Å². The van der Waals surface area contributed by atoms with E-state index >= 15 is 0 Å². The molecule has 7 heteroatoms. The van der Waals surface area contributed by atoms with Crippen molar-refractivity contribution < 1.29 is 13.2 Å². The van der Waals surface area contributed by atoms with Crippen LogP contribution in [0.15, 0.2) is 6.20 Å². The number of hydrogen-bond acceptors (Lipinski definition) is 3. The van der Waals surface area contributed by atoms with E-state index in [2.05, 4.69) is 20.7 Å². The van der Waals surface area contributed by atoms with E-state index in [0.29, 0.717) is 18.8 Å². The van der Waals surface area contributed by atoms with Crippen LogP contribution in [0.25, 0.3) is 0 Å². The minimum absolute atomic E-state index is 0.0847. The summed E-state index contributed by atoms with van der Waals surface area (Å²) < 4.78 is 35.1. The van der Waals surface area contributed by atoms with Crippen LogP contribution in [0.5, 0.6) is 0 Å². The zero-order valence-electron chi connectivity index (χ0n) is 7.43. The largest absolute Gasteiger partial charge is 0.389 e. The third-order valence-electron chi connectivity index (χ3n) is 1.58. The minimum Gasteiger partial charge on any atom is -0.311 e. The Bertz CT molecular complexity index is 244. The topological polar surface area (TPSA) is 53.6 Å². The first-order valence-electron chi connectivity index (χ1n) is 4.20. The van der Waals surface area contributed by atoms with Crippen LogP contribution in [-0.2, 0) is 6.54 Å². The van der Waals surface area contributed by atoms with Gasteiger partial charge in [-0.05, 0) is 13.0 Å². The van der Waals surface area contributed by atoms with Gasteiger partial charge in [-0.2, -0.15) is 28.6 Å². The Labute approximate surface area is 78.9 Å². The van der Waals surface area contributed by atoms with Crippen LogP contribution in [0.4, 0.5) is 13.2 Å². The Balaban J connectivity index is 2.00. The predicted octanol–water partition coefficient (Wildman–Crippen LogP) is 1.24. The molecule has 0 radical (unpaired) electrons. The lowest BCUT2D eigenvalue weighted by Gasteiger charge is -2.05. The maximum absolute atomic E-state index is 11.7. The SMILES string of the molecule is FC(F)(F)CCCNCc1cn[nH]n1. The monoisotopic (exact) mass is 208 g/mol. The van der Waals surface area contributed by atoms with Gasteiger partial charge >= 0.3 is 6.18 Å². The summed E-state index contributed by atoms with van der Waals surface area (Å²) in [5, 5.41) is 12.6. The molecule has 80 valence electrons. The molecule has 0 bridgehead atoms. The fourth-order valence-corrected chi connectivity index (χ4v) is 0.941. The molecule has 0 aliphatic rings. The summed E-state index contributed by atoms with van der Waals surface area (Å²) in [4.78, 5) is 0. The number of nitrogens with zero attached hydrogens (tertiary/aromatic N) is 2. The average molecular weight is 208 g/mol. The highest BCUT2D eigenvalue weighted by Crippen LogP contribution is 2.20. The van der Waals surface area contributed by atoms with Crippen molar-refractivity contribution in [3.8, 4) is 0 Å². The molecule has 0 aromatic carbocycles. The molecule has 0 amide bonds. The first kappa shape index (κ1) is 11.0. The van der Waals surface area contributed by atoms with Crippen molar-refractivity contribution in [1.29, 1.82) is 0 Å². The lowest BCUT2D eigenvalue weighted by atomic mass is 10.3. The van der Waals surface area contributed by atoms with Gasteiger partial charge in [0, 0.05) is 13.0 Å². The van der Waals surface area contributed by atoms with Gasteiger partial charge in [0.15, 0.2) is 0 Å². The van der Waals surface area contributed by atoms with E-state index in [1.807, 2.05) is 0 Å². The second kappa shape index (κ2) is 4.94. The maximum atomic E-state index is 11.7. The van der Waals surface area contributed by atoms with Gasteiger partial charge in [-0.1, -0.05) is 0 Å². The second-order valence-electron chi connectivity index (χ2n) is 2.86. The molecule has 0 saturated carbocycles. The number of halogens is 3. The second-order valence-corrected chi connectivity index (χ2v) is 2.86. The minimum atomic E-state index is -4.06. The van der Waals surface area contributed by atoms with E-state index in [0.717, 1.165) is 0 Å². The number of nitrogens with one attached hydrogen (secondary N) is 2. The standard InChI is InChI=1S/C7H11F3N4/c8-7(9,10)2-1-3-11-4-6-5-12-14-13-6/h5,11H,1-4H2,(H,12,13,14). The molecule has 1 aromatic rings. The van der Waals surface area contributed by atoms with Crippen LogP contribution < -0.4 is 5.32 Å². The van der Waals surface area contributed by atoms with Crippen molar-refractivity contribution in [1.82, 2.24) is 20.7 Å². The van der Waals surface area contributed by atoms with E-state index in [-0.39, 0.29) is 6.42 Å². The van der Waals surface area contributed by atoms with Gasteiger partial charge < -0.3 is 5.32 Å². The van der Waals surface area contributed by atoms with Crippen LogP contribution in [0.2, 0.25) is 0 Å². The molecule has 1 rings (SSSR count). The van der Waals surface area contributed by atoms with Crippen LogP contribution in [0.3, 0.4) is 0 Å². The molecule has 4 nitrogen and oxygen atoms in total. The number of hydrogen-bond donors (Lipinski definition) is 2. The first-order chi connectivity index (χ1) is 6.58. The van der Waals surface area contributed by atoms with E-state index in [1.54, 1.807) is 0 Å². The first-order valence-corrected chi connectivity index (χ1v) is 4.20. The van der Waals surface area contributed by atoms with Gasteiger partial charge in [-0.15, -0.1) is 0 Å². The Hall–Kier alpha value is -1.11. The van der Waals surface area contributed by atoms with E-state index in [9.17, 15) is 13.2 Å².